The Kier molecular flexibility index (Phi) is 6.68. The van der Waals surface area contributed by atoms with Crippen LogP contribution in [0.15, 0.2) is 52.9 Å². The van der Waals surface area contributed by atoms with Crippen LogP contribution in [0.4, 0.5) is 5.13 Å². The first-order valence-corrected chi connectivity index (χ1v) is 9.75. The largest absolute Gasteiger partial charge is 0.490 e. The molecule has 140 valence electrons. The molecule has 0 aliphatic carbocycles. The minimum atomic E-state index is 0.373. The van der Waals surface area contributed by atoms with Crippen molar-refractivity contribution in [2.24, 2.45) is 5.10 Å². The zero-order valence-corrected chi connectivity index (χ0v) is 16.7. The Labute approximate surface area is 167 Å². The predicted octanol–water partition coefficient (Wildman–Crippen LogP) is 5.53. The van der Waals surface area contributed by atoms with Gasteiger partial charge in [-0.1, -0.05) is 29.8 Å². The molecule has 1 aromatic heterocycles. The van der Waals surface area contributed by atoms with Gasteiger partial charge in [0.25, 0.3) is 0 Å². The molecule has 0 aliphatic rings. The van der Waals surface area contributed by atoms with Gasteiger partial charge in [-0.25, -0.2) is 4.98 Å². The van der Waals surface area contributed by atoms with Gasteiger partial charge in [-0.2, -0.15) is 5.10 Å². The van der Waals surface area contributed by atoms with Gasteiger partial charge in [0.15, 0.2) is 11.5 Å². The number of thiazole rings is 1. The third-order valence-electron chi connectivity index (χ3n) is 3.60. The summed E-state index contributed by atoms with van der Waals surface area (Å²) >= 11 is 7.70. The fourth-order valence-corrected chi connectivity index (χ4v) is 3.16. The molecule has 7 heteroatoms. The van der Waals surface area contributed by atoms with Crippen LogP contribution in [0.1, 0.15) is 23.7 Å². The van der Waals surface area contributed by atoms with Crippen LogP contribution >= 0.6 is 22.9 Å². The molecule has 0 atom stereocenters. The second kappa shape index (κ2) is 9.39. The van der Waals surface area contributed by atoms with Crippen LogP contribution in [0.5, 0.6) is 11.5 Å². The van der Waals surface area contributed by atoms with Gasteiger partial charge in [0.05, 0.1) is 18.5 Å². The van der Waals surface area contributed by atoms with Crippen molar-refractivity contribution in [1.82, 2.24) is 4.98 Å². The van der Waals surface area contributed by atoms with Crippen molar-refractivity contribution in [3.63, 3.8) is 0 Å². The molecule has 0 spiro atoms. The number of aryl methyl sites for hydroxylation is 1. The molecule has 1 heterocycles. The van der Waals surface area contributed by atoms with Gasteiger partial charge in [-0.3, -0.25) is 5.43 Å². The van der Waals surface area contributed by atoms with E-state index < -0.39 is 0 Å². The van der Waals surface area contributed by atoms with Crippen LogP contribution in [0, 0.1) is 6.92 Å². The van der Waals surface area contributed by atoms with E-state index >= 15 is 0 Å². The lowest BCUT2D eigenvalue weighted by atomic mass is 10.2. The molecule has 27 heavy (non-hydrogen) atoms. The lowest BCUT2D eigenvalue weighted by Gasteiger charge is -2.13. The van der Waals surface area contributed by atoms with Crippen LogP contribution in [-0.4, -0.2) is 17.8 Å². The highest BCUT2D eigenvalue weighted by molar-refractivity contribution is 7.13. The van der Waals surface area contributed by atoms with Gasteiger partial charge in [0.2, 0.25) is 5.13 Å². The maximum Gasteiger partial charge on any atom is 0.203 e. The van der Waals surface area contributed by atoms with Crippen LogP contribution in [-0.2, 0) is 6.61 Å². The monoisotopic (exact) mass is 401 g/mol. The number of hydrazone groups is 1. The quantitative estimate of drug-likeness (QED) is 0.398. The summed E-state index contributed by atoms with van der Waals surface area (Å²) in [5.74, 6) is 1.33. The fraction of sp³-hybridized carbons (Fsp3) is 0.200. The van der Waals surface area contributed by atoms with Crippen molar-refractivity contribution in [3.8, 4) is 11.5 Å². The van der Waals surface area contributed by atoms with Crippen molar-refractivity contribution < 1.29 is 9.47 Å². The zero-order chi connectivity index (χ0) is 19.1. The number of anilines is 1. The van der Waals surface area contributed by atoms with E-state index in [1.165, 1.54) is 11.3 Å². The maximum absolute atomic E-state index is 6.19. The Hall–Kier alpha value is -2.57. The molecular formula is C20H20ClN3O2S. The van der Waals surface area contributed by atoms with E-state index in [1.807, 2.05) is 61.7 Å². The number of hydrogen-bond donors (Lipinski definition) is 1. The van der Waals surface area contributed by atoms with E-state index in [2.05, 4.69) is 15.5 Å². The summed E-state index contributed by atoms with van der Waals surface area (Å²) in [5.41, 5.74) is 5.71. The smallest absolute Gasteiger partial charge is 0.203 e. The molecule has 0 saturated carbocycles. The summed E-state index contributed by atoms with van der Waals surface area (Å²) in [6, 6.07) is 13.3. The molecule has 0 amide bonds. The van der Waals surface area contributed by atoms with E-state index in [9.17, 15) is 0 Å². The fourth-order valence-electron chi connectivity index (χ4n) is 2.33. The topological polar surface area (TPSA) is 55.7 Å². The molecule has 3 aromatic rings. The van der Waals surface area contributed by atoms with E-state index in [-0.39, 0.29) is 0 Å². The molecule has 5 nitrogen and oxygen atoms in total. The van der Waals surface area contributed by atoms with Crippen molar-refractivity contribution >= 4 is 34.3 Å². The Balaban J connectivity index is 1.69. The summed E-state index contributed by atoms with van der Waals surface area (Å²) in [7, 11) is 0. The Morgan fingerprint density at radius 1 is 1.19 bits per heavy atom. The van der Waals surface area contributed by atoms with E-state index in [4.69, 9.17) is 21.1 Å². The third kappa shape index (κ3) is 5.45. The number of nitrogens with zero attached hydrogens (tertiary/aromatic N) is 2. The van der Waals surface area contributed by atoms with Crippen LogP contribution in [0.2, 0.25) is 5.02 Å². The van der Waals surface area contributed by atoms with Gasteiger partial charge in [-0.05, 0) is 43.7 Å². The molecular weight excluding hydrogens is 382 g/mol. The van der Waals surface area contributed by atoms with Crippen LogP contribution in [0.25, 0.3) is 0 Å². The minimum Gasteiger partial charge on any atom is -0.490 e. The SMILES string of the molecule is CCOc1cc(C=NNc2nc(C)cs2)ccc1OCc1ccccc1Cl. The molecule has 3 rings (SSSR count). The molecule has 2 aromatic carbocycles. The minimum absolute atomic E-state index is 0.373. The predicted molar refractivity (Wildman–Crippen MR) is 111 cm³/mol. The first-order chi connectivity index (χ1) is 13.2. The number of halogens is 1. The summed E-state index contributed by atoms with van der Waals surface area (Å²) in [4.78, 5) is 4.30. The summed E-state index contributed by atoms with van der Waals surface area (Å²) in [6.45, 7) is 4.80. The van der Waals surface area contributed by atoms with Gasteiger partial charge in [-0.15, -0.1) is 11.3 Å². The molecule has 0 radical (unpaired) electrons. The highest BCUT2D eigenvalue weighted by atomic mass is 35.5. The molecule has 0 aliphatic heterocycles. The number of benzene rings is 2. The zero-order valence-electron chi connectivity index (χ0n) is 15.1. The average Bonchev–Trinajstić information content (AvgIpc) is 3.08. The molecule has 0 fully saturated rings. The summed E-state index contributed by atoms with van der Waals surface area (Å²) in [5, 5.41) is 7.63. The number of nitrogens with one attached hydrogen (secondary N) is 1. The second-order valence-electron chi connectivity index (χ2n) is 5.68. The number of rotatable bonds is 8. The first-order valence-electron chi connectivity index (χ1n) is 8.50. The van der Waals surface area contributed by atoms with Crippen molar-refractivity contribution in [2.75, 3.05) is 12.0 Å². The molecule has 1 N–H and O–H groups in total. The lowest BCUT2D eigenvalue weighted by Crippen LogP contribution is -2.01. The highest BCUT2D eigenvalue weighted by Crippen LogP contribution is 2.29. The van der Waals surface area contributed by atoms with Gasteiger partial charge >= 0.3 is 0 Å². The Morgan fingerprint density at radius 2 is 2.04 bits per heavy atom. The molecule has 0 unspecified atom stereocenters. The van der Waals surface area contributed by atoms with Crippen molar-refractivity contribution in [1.29, 1.82) is 0 Å². The first kappa shape index (κ1) is 19.2. The highest BCUT2D eigenvalue weighted by Gasteiger charge is 2.08. The van der Waals surface area contributed by atoms with E-state index in [0.717, 1.165) is 22.0 Å². The molecule has 0 bridgehead atoms. The Morgan fingerprint density at radius 3 is 2.78 bits per heavy atom. The maximum atomic E-state index is 6.19. The Bertz CT molecular complexity index is 927. The summed E-state index contributed by atoms with van der Waals surface area (Å²) < 4.78 is 11.6. The standard InChI is InChI=1S/C20H20ClN3O2S/c1-3-25-19-10-15(11-22-24-20-23-14(2)13-27-20)8-9-18(19)26-12-16-6-4-5-7-17(16)21/h4-11,13H,3,12H2,1-2H3,(H,23,24). The van der Waals surface area contributed by atoms with Crippen LogP contribution < -0.4 is 14.9 Å². The van der Waals surface area contributed by atoms with Crippen molar-refractivity contribution in [3.05, 3.63) is 69.7 Å². The van der Waals surface area contributed by atoms with Gasteiger partial charge in [0.1, 0.15) is 6.61 Å². The number of aromatic nitrogens is 1. The normalized spacial score (nSPS) is 10.9. The van der Waals surface area contributed by atoms with Crippen LogP contribution in [0.3, 0.4) is 0 Å². The average molecular weight is 402 g/mol. The van der Waals surface area contributed by atoms with Gasteiger partial charge < -0.3 is 9.47 Å². The number of ether oxygens (including phenoxy) is 2. The number of hydrogen-bond acceptors (Lipinski definition) is 6. The lowest BCUT2D eigenvalue weighted by molar-refractivity contribution is 0.269. The van der Waals surface area contributed by atoms with Gasteiger partial charge in [0, 0.05) is 16.0 Å². The molecule has 0 saturated heterocycles. The van der Waals surface area contributed by atoms with Crippen molar-refractivity contribution in [2.45, 2.75) is 20.5 Å². The van der Waals surface area contributed by atoms with E-state index in [0.29, 0.717) is 29.7 Å². The summed E-state index contributed by atoms with van der Waals surface area (Å²) in [6.07, 6.45) is 1.72. The third-order valence-corrected chi connectivity index (χ3v) is 4.83. The van der Waals surface area contributed by atoms with E-state index in [1.54, 1.807) is 6.21 Å². The second-order valence-corrected chi connectivity index (χ2v) is 6.95.